The lowest BCUT2D eigenvalue weighted by atomic mass is 10.1. The van der Waals surface area contributed by atoms with Gasteiger partial charge in [0.1, 0.15) is 0 Å². The molecular formula is C14H11Cl2F3N2. The number of alkyl halides is 3. The lowest BCUT2D eigenvalue weighted by Gasteiger charge is -2.05. The van der Waals surface area contributed by atoms with Gasteiger partial charge in [-0.05, 0) is 42.0 Å². The number of hydrazone groups is 1. The van der Waals surface area contributed by atoms with Crippen molar-refractivity contribution in [3.05, 3.63) is 64.7 Å². The zero-order valence-electron chi connectivity index (χ0n) is 10.6. The van der Waals surface area contributed by atoms with Crippen molar-refractivity contribution in [2.45, 2.75) is 6.18 Å². The van der Waals surface area contributed by atoms with E-state index in [4.69, 9.17) is 11.6 Å². The summed E-state index contributed by atoms with van der Waals surface area (Å²) in [4.78, 5) is 0. The number of benzene rings is 2. The van der Waals surface area contributed by atoms with Crippen LogP contribution >= 0.6 is 24.0 Å². The largest absolute Gasteiger partial charge is 0.416 e. The van der Waals surface area contributed by atoms with Crippen molar-refractivity contribution in [2.75, 3.05) is 5.43 Å². The fourth-order valence-electron chi connectivity index (χ4n) is 1.46. The van der Waals surface area contributed by atoms with E-state index in [1.807, 2.05) is 0 Å². The standard InChI is InChI=1S/C14H10ClF3N2.ClH/c15-12-5-7-13(8-6-12)20-19-9-10-1-3-11(4-2-10)14(16,17)18;/h1-9,20H;1H/b19-9+;. The van der Waals surface area contributed by atoms with Gasteiger partial charge in [-0.15, -0.1) is 12.4 Å². The van der Waals surface area contributed by atoms with E-state index in [-0.39, 0.29) is 12.4 Å². The number of hydrogen-bond acceptors (Lipinski definition) is 2. The summed E-state index contributed by atoms with van der Waals surface area (Å²) in [5.41, 5.74) is 3.38. The van der Waals surface area contributed by atoms with Crippen molar-refractivity contribution in [3.63, 3.8) is 0 Å². The first-order chi connectivity index (χ1) is 9.45. The number of hydrogen-bond donors (Lipinski definition) is 1. The van der Waals surface area contributed by atoms with Crippen LogP contribution in [0.15, 0.2) is 53.6 Å². The molecule has 0 spiro atoms. The minimum absolute atomic E-state index is 0. The third-order valence-electron chi connectivity index (χ3n) is 2.49. The van der Waals surface area contributed by atoms with Gasteiger partial charge in [-0.3, -0.25) is 5.43 Å². The molecule has 0 aliphatic carbocycles. The van der Waals surface area contributed by atoms with Crippen molar-refractivity contribution >= 4 is 35.9 Å². The Balaban J connectivity index is 0.00000220. The summed E-state index contributed by atoms with van der Waals surface area (Å²) in [6.45, 7) is 0. The van der Waals surface area contributed by atoms with Crippen molar-refractivity contribution in [2.24, 2.45) is 5.10 Å². The van der Waals surface area contributed by atoms with Gasteiger partial charge in [-0.2, -0.15) is 18.3 Å². The number of nitrogens with zero attached hydrogens (tertiary/aromatic N) is 1. The van der Waals surface area contributed by atoms with E-state index in [2.05, 4.69) is 10.5 Å². The van der Waals surface area contributed by atoms with Crippen LogP contribution in [0.4, 0.5) is 18.9 Å². The highest BCUT2D eigenvalue weighted by Gasteiger charge is 2.29. The summed E-state index contributed by atoms with van der Waals surface area (Å²) in [7, 11) is 0. The molecule has 0 bridgehead atoms. The molecule has 0 saturated heterocycles. The summed E-state index contributed by atoms with van der Waals surface area (Å²) in [6.07, 6.45) is -2.88. The number of halogens is 5. The number of rotatable bonds is 3. The highest BCUT2D eigenvalue weighted by molar-refractivity contribution is 6.30. The summed E-state index contributed by atoms with van der Waals surface area (Å²) in [5.74, 6) is 0. The second-order valence-corrected chi connectivity index (χ2v) is 4.43. The summed E-state index contributed by atoms with van der Waals surface area (Å²) < 4.78 is 37.1. The molecule has 2 aromatic rings. The van der Waals surface area contributed by atoms with Crippen LogP contribution in [0.5, 0.6) is 0 Å². The van der Waals surface area contributed by atoms with Crippen LogP contribution in [0.25, 0.3) is 0 Å². The molecule has 1 N–H and O–H groups in total. The maximum absolute atomic E-state index is 12.4. The first kappa shape index (κ1) is 17.3. The third kappa shape index (κ3) is 5.28. The Hall–Kier alpha value is -1.72. The minimum atomic E-state index is -4.32. The molecule has 0 saturated carbocycles. The number of nitrogens with one attached hydrogen (secondary N) is 1. The normalized spacial score (nSPS) is 11.2. The second-order valence-electron chi connectivity index (χ2n) is 4.00. The molecule has 7 heteroatoms. The zero-order chi connectivity index (χ0) is 14.6. The fourth-order valence-corrected chi connectivity index (χ4v) is 1.59. The van der Waals surface area contributed by atoms with Gasteiger partial charge >= 0.3 is 6.18 Å². The molecule has 0 heterocycles. The third-order valence-corrected chi connectivity index (χ3v) is 2.74. The highest BCUT2D eigenvalue weighted by Crippen LogP contribution is 2.28. The smallest absolute Gasteiger partial charge is 0.279 e. The van der Waals surface area contributed by atoms with Crippen molar-refractivity contribution in [1.29, 1.82) is 0 Å². The van der Waals surface area contributed by atoms with Gasteiger partial charge in [0.15, 0.2) is 0 Å². The van der Waals surface area contributed by atoms with E-state index >= 15 is 0 Å². The Morgan fingerprint density at radius 3 is 2.05 bits per heavy atom. The summed E-state index contributed by atoms with van der Waals surface area (Å²) in [6, 6.07) is 11.6. The molecule has 2 aromatic carbocycles. The van der Waals surface area contributed by atoms with Crippen LogP contribution in [-0.2, 0) is 6.18 Å². The summed E-state index contributed by atoms with van der Waals surface area (Å²) in [5, 5.41) is 4.55. The molecule has 112 valence electrons. The molecule has 0 radical (unpaired) electrons. The average Bonchev–Trinajstić information content (AvgIpc) is 2.41. The van der Waals surface area contributed by atoms with Crippen molar-refractivity contribution in [1.82, 2.24) is 0 Å². The van der Waals surface area contributed by atoms with Gasteiger partial charge in [-0.25, -0.2) is 0 Å². The van der Waals surface area contributed by atoms with Crippen LogP contribution in [0.1, 0.15) is 11.1 Å². The van der Waals surface area contributed by atoms with Crippen LogP contribution in [0.3, 0.4) is 0 Å². The molecule has 21 heavy (non-hydrogen) atoms. The van der Waals surface area contributed by atoms with Crippen molar-refractivity contribution < 1.29 is 13.2 Å². The van der Waals surface area contributed by atoms with E-state index in [1.165, 1.54) is 18.3 Å². The first-order valence-corrected chi connectivity index (χ1v) is 6.05. The van der Waals surface area contributed by atoms with E-state index in [1.54, 1.807) is 24.3 Å². The molecule has 2 rings (SSSR count). The Bertz CT molecular complexity index is 593. The molecule has 0 aliphatic rings. The zero-order valence-corrected chi connectivity index (χ0v) is 12.1. The SMILES string of the molecule is Cl.FC(F)(F)c1ccc(/C=N/Nc2ccc(Cl)cc2)cc1. The lowest BCUT2D eigenvalue weighted by Crippen LogP contribution is -2.04. The second kappa shape index (κ2) is 7.33. The predicted molar refractivity (Wildman–Crippen MR) is 81.4 cm³/mol. The van der Waals surface area contributed by atoms with E-state index in [0.29, 0.717) is 10.6 Å². The van der Waals surface area contributed by atoms with Crippen LogP contribution in [0.2, 0.25) is 5.02 Å². The molecule has 0 aromatic heterocycles. The Kier molecular flexibility index (Phi) is 6.05. The monoisotopic (exact) mass is 334 g/mol. The van der Waals surface area contributed by atoms with Gasteiger partial charge < -0.3 is 0 Å². The Labute approximate surface area is 131 Å². The summed E-state index contributed by atoms with van der Waals surface area (Å²) >= 11 is 5.74. The van der Waals surface area contributed by atoms with Crippen LogP contribution < -0.4 is 5.43 Å². The molecule has 0 amide bonds. The molecule has 0 fully saturated rings. The molecular weight excluding hydrogens is 324 g/mol. The van der Waals surface area contributed by atoms with Crippen molar-refractivity contribution in [3.8, 4) is 0 Å². The van der Waals surface area contributed by atoms with E-state index in [0.717, 1.165) is 17.8 Å². The van der Waals surface area contributed by atoms with Gasteiger partial charge in [0.2, 0.25) is 0 Å². The fraction of sp³-hybridized carbons (Fsp3) is 0.0714. The molecule has 2 nitrogen and oxygen atoms in total. The van der Waals surface area contributed by atoms with Crippen LogP contribution in [0, 0.1) is 0 Å². The van der Waals surface area contributed by atoms with Gasteiger partial charge in [-0.1, -0.05) is 23.7 Å². The predicted octanol–water partition coefficient (Wildman–Crippen LogP) is 5.23. The van der Waals surface area contributed by atoms with Gasteiger partial charge in [0, 0.05) is 5.02 Å². The first-order valence-electron chi connectivity index (χ1n) is 5.67. The minimum Gasteiger partial charge on any atom is -0.279 e. The molecule has 0 atom stereocenters. The molecule has 0 aliphatic heterocycles. The van der Waals surface area contributed by atoms with Gasteiger partial charge in [0.25, 0.3) is 0 Å². The maximum Gasteiger partial charge on any atom is 0.416 e. The average molecular weight is 335 g/mol. The van der Waals surface area contributed by atoms with E-state index in [9.17, 15) is 13.2 Å². The topological polar surface area (TPSA) is 24.4 Å². The highest BCUT2D eigenvalue weighted by atomic mass is 35.5. The Morgan fingerprint density at radius 2 is 1.52 bits per heavy atom. The lowest BCUT2D eigenvalue weighted by molar-refractivity contribution is -0.137. The number of anilines is 1. The quantitative estimate of drug-likeness (QED) is 0.603. The Morgan fingerprint density at radius 1 is 0.952 bits per heavy atom. The van der Waals surface area contributed by atoms with E-state index < -0.39 is 11.7 Å². The maximum atomic E-state index is 12.4. The molecule has 0 unspecified atom stereocenters. The van der Waals surface area contributed by atoms with Gasteiger partial charge in [0.05, 0.1) is 17.5 Å². The van der Waals surface area contributed by atoms with Crippen LogP contribution in [-0.4, -0.2) is 6.21 Å².